The molecule has 1 aliphatic heterocycles. The maximum Gasteiger partial charge on any atom is 0.231 e. The second-order valence-corrected chi connectivity index (χ2v) is 6.94. The fourth-order valence-corrected chi connectivity index (χ4v) is 3.31. The molecule has 3 heterocycles. The van der Waals surface area contributed by atoms with Gasteiger partial charge in [0, 0.05) is 44.4 Å². The lowest BCUT2D eigenvalue weighted by molar-refractivity contribution is 0.145. The number of benzene rings is 1. The lowest BCUT2D eigenvalue weighted by atomic mass is 10.2. The molecule has 1 aromatic carbocycles. The molecule has 0 radical (unpaired) electrons. The van der Waals surface area contributed by atoms with E-state index in [-0.39, 0.29) is 5.82 Å². The lowest BCUT2D eigenvalue weighted by Crippen LogP contribution is -2.44. The van der Waals surface area contributed by atoms with Crippen LogP contribution in [0.5, 0.6) is 5.88 Å². The first-order chi connectivity index (χ1) is 13.2. The van der Waals surface area contributed by atoms with E-state index in [9.17, 15) is 4.39 Å². The zero-order chi connectivity index (χ0) is 18.6. The highest BCUT2D eigenvalue weighted by Crippen LogP contribution is 2.22. The van der Waals surface area contributed by atoms with Crippen LogP contribution < -0.4 is 4.74 Å². The molecule has 0 spiro atoms. The summed E-state index contributed by atoms with van der Waals surface area (Å²) < 4.78 is 21.1. The number of likely N-dealkylation sites (N-methyl/N-ethyl adjacent to an activating group) is 1. The van der Waals surface area contributed by atoms with E-state index in [0.717, 1.165) is 50.4 Å². The van der Waals surface area contributed by atoms with Gasteiger partial charge in [0.05, 0.1) is 18.5 Å². The van der Waals surface area contributed by atoms with Gasteiger partial charge < -0.3 is 14.5 Å². The zero-order valence-electron chi connectivity index (χ0n) is 15.5. The third kappa shape index (κ3) is 4.26. The molecule has 1 saturated heterocycles. The Kier molecular flexibility index (Phi) is 5.31. The van der Waals surface area contributed by atoms with Gasteiger partial charge in [-0.3, -0.25) is 0 Å². The van der Waals surface area contributed by atoms with Gasteiger partial charge in [-0.2, -0.15) is 0 Å². The monoisotopic (exact) mass is 369 g/mol. The highest BCUT2D eigenvalue weighted by Gasteiger charge is 2.13. The SMILES string of the molecule is CN1CCN(CCCOc2ccc3ncc(-c4cccc(F)c4)n3n2)CC1. The quantitative estimate of drug-likeness (QED) is 0.625. The van der Waals surface area contributed by atoms with E-state index in [0.29, 0.717) is 18.1 Å². The predicted octanol–water partition coefficient (Wildman–Crippen LogP) is 2.55. The minimum Gasteiger partial charge on any atom is -0.477 e. The molecule has 7 heteroatoms. The number of aromatic nitrogens is 3. The van der Waals surface area contributed by atoms with Crippen molar-refractivity contribution in [2.45, 2.75) is 6.42 Å². The molecular weight excluding hydrogens is 345 g/mol. The van der Waals surface area contributed by atoms with Crippen LogP contribution in [0.3, 0.4) is 0 Å². The maximum absolute atomic E-state index is 13.5. The summed E-state index contributed by atoms with van der Waals surface area (Å²) in [5.74, 6) is 0.273. The number of rotatable bonds is 6. The number of ether oxygens (including phenoxy) is 1. The van der Waals surface area contributed by atoms with Crippen molar-refractivity contribution in [3.05, 3.63) is 48.4 Å². The van der Waals surface area contributed by atoms with E-state index in [1.165, 1.54) is 12.1 Å². The van der Waals surface area contributed by atoms with E-state index in [1.807, 2.05) is 18.2 Å². The summed E-state index contributed by atoms with van der Waals surface area (Å²) in [6.45, 7) is 6.15. The molecule has 6 nitrogen and oxygen atoms in total. The van der Waals surface area contributed by atoms with E-state index >= 15 is 0 Å². The molecule has 0 N–H and O–H groups in total. The summed E-state index contributed by atoms with van der Waals surface area (Å²) in [4.78, 5) is 9.17. The predicted molar refractivity (Wildman–Crippen MR) is 102 cm³/mol. The molecule has 3 aromatic rings. The van der Waals surface area contributed by atoms with Crippen LogP contribution in [0.25, 0.3) is 16.9 Å². The summed E-state index contributed by atoms with van der Waals surface area (Å²) in [7, 11) is 2.16. The van der Waals surface area contributed by atoms with Gasteiger partial charge >= 0.3 is 0 Å². The summed E-state index contributed by atoms with van der Waals surface area (Å²) in [6.07, 6.45) is 2.67. The Bertz CT molecular complexity index is 904. The first kappa shape index (κ1) is 17.9. The fraction of sp³-hybridized carbons (Fsp3) is 0.400. The lowest BCUT2D eigenvalue weighted by Gasteiger charge is -2.32. The number of fused-ring (bicyclic) bond motifs is 1. The standard InChI is InChI=1S/C20H24FN5O/c1-24-9-11-25(12-10-24)8-3-13-27-20-7-6-19-22-15-18(26(19)23-20)16-4-2-5-17(21)14-16/h2,4-7,14-15H,3,8-13H2,1H3. The molecule has 2 aromatic heterocycles. The Hall–Kier alpha value is -2.51. The Labute approximate surface area is 158 Å². The van der Waals surface area contributed by atoms with Gasteiger partial charge in [0.15, 0.2) is 5.65 Å². The Morgan fingerprint density at radius 1 is 1.11 bits per heavy atom. The van der Waals surface area contributed by atoms with Gasteiger partial charge in [0.2, 0.25) is 5.88 Å². The molecule has 0 bridgehead atoms. The van der Waals surface area contributed by atoms with Gasteiger partial charge in [-0.25, -0.2) is 13.9 Å². The highest BCUT2D eigenvalue weighted by molar-refractivity contribution is 5.63. The molecule has 1 aliphatic rings. The average molecular weight is 369 g/mol. The Morgan fingerprint density at radius 3 is 2.78 bits per heavy atom. The molecule has 0 aliphatic carbocycles. The van der Waals surface area contributed by atoms with Gasteiger partial charge in [-0.1, -0.05) is 12.1 Å². The van der Waals surface area contributed by atoms with Crippen molar-refractivity contribution in [2.24, 2.45) is 0 Å². The summed E-state index contributed by atoms with van der Waals surface area (Å²) in [5, 5.41) is 4.52. The van der Waals surface area contributed by atoms with Crippen LogP contribution in [0.2, 0.25) is 0 Å². The summed E-state index contributed by atoms with van der Waals surface area (Å²) in [6, 6.07) is 10.1. The largest absolute Gasteiger partial charge is 0.477 e. The third-order valence-electron chi connectivity index (χ3n) is 4.92. The van der Waals surface area contributed by atoms with Gasteiger partial charge in [-0.05, 0) is 31.7 Å². The van der Waals surface area contributed by atoms with E-state index in [4.69, 9.17) is 4.74 Å². The normalized spacial score (nSPS) is 16.1. The van der Waals surface area contributed by atoms with Crippen LogP contribution in [0.15, 0.2) is 42.6 Å². The molecule has 1 fully saturated rings. The Balaban J connectivity index is 1.39. The molecule has 4 rings (SSSR count). The van der Waals surface area contributed by atoms with Crippen molar-refractivity contribution in [2.75, 3.05) is 46.4 Å². The Morgan fingerprint density at radius 2 is 1.96 bits per heavy atom. The van der Waals surface area contributed by atoms with Crippen molar-refractivity contribution in [3.8, 4) is 17.1 Å². The molecular formula is C20H24FN5O. The van der Waals surface area contributed by atoms with Gasteiger partial charge in [0.25, 0.3) is 0 Å². The van der Waals surface area contributed by atoms with Crippen molar-refractivity contribution < 1.29 is 9.13 Å². The second-order valence-electron chi connectivity index (χ2n) is 6.94. The molecule has 27 heavy (non-hydrogen) atoms. The zero-order valence-corrected chi connectivity index (χ0v) is 15.5. The van der Waals surface area contributed by atoms with Gasteiger partial charge in [-0.15, -0.1) is 5.10 Å². The summed E-state index contributed by atoms with van der Waals surface area (Å²) in [5.41, 5.74) is 2.19. The maximum atomic E-state index is 13.5. The number of nitrogens with zero attached hydrogens (tertiary/aromatic N) is 5. The van der Waals surface area contributed by atoms with Crippen molar-refractivity contribution in [1.82, 2.24) is 24.4 Å². The van der Waals surface area contributed by atoms with E-state index in [2.05, 4.69) is 26.9 Å². The third-order valence-corrected chi connectivity index (χ3v) is 4.92. The molecule has 142 valence electrons. The topological polar surface area (TPSA) is 45.9 Å². The molecule has 0 unspecified atom stereocenters. The van der Waals surface area contributed by atoms with E-state index < -0.39 is 0 Å². The van der Waals surface area contributed by atoms with Crippen LogP contribution in [0.4, 0.5) is 4.39 Å². The average Bonchev–Trinajstić information content (AvgIpc) is 3.10. The first-order valence-electron chi connectivity index (χ1n) is 9.33. The van der Waals surface area contributed by atoms with Crippen LogP contribution in [-0.4, -0.2) is 70.8 Å². The number of halogens is 1. The van der Waals surface area contributed by atoms with Crippen LogP contribution in [0, 0.1) is 5.82 Å². The van der Waals surface area contributed by atoms with Crippen molar-refractivity contribution in [1.29, 1.82) is 0 Å². The molecule has 0 saturated carbocycles. The van der Waals surface area contributed by atoms with Crippen molar-refractivity contribution >= 4 is 5.65 Å². The number of piperazine rings is 1. The second kappa shape index (κ2) is 8.02. The van der Waals surface area contributed by atoms with E-state index in [1.54, 1.807) is 16.8 Å². The number of hydrogen-bond acceptors (Lipinski definition) is 5. The summed E-state index contributed by atoms with van der Waals surface area (Å²) >= 11 is 0. The van der Waals surface area contributed by atoms with Crippen LogP contribution in [-0.2, 0) is 0 Å². The van der Waals surface area contributed by atoms with Crippen molar-refractivity contribution in [3.63, 3.8) is 0 Å². The minimum absolute atomic E-state index is 0.279. The van der Waals surface area contributed by atoms with Crippen LogP contribution in [0.1, 0.15) is 6.42 Å². The van der Waals surface area contributed by atoms with Gasteiger partial charge in [0.1, 0.15) is 5.82 Å². The van der Waals surface area contributed by atoms with Crippen LogP contribution >= 0.6 is 0 Å². The molecule has 0 amide bonds. The minimum atomic E-state index is -0.279. The smallest absolute Gasteiger partial charge is 0.231 e. The fourth-order valence-electron chi connectivity index (χ4n) is 3.31. The number of imidazole rings is 1. The first-order valence-corrected chi connectivity index (χ1v) is 9.33. The molecule has 0 atom stereocenters. The highest BCUT2D eigenvalue weighted by atomic mass is 19.1. The number of hydrogen-bond donors (Lipinski definition) is 0.